The van der Waals surface area contributed by atoms with Gasteiger partial charge < -0.3 is 19.8 Å². The summed E-state index contributed by atoms with van der Waals surface area (Å²) in [5, 5.41) is 18.1. The van der Waals surface area contributed by atoms with Gasteiger partial charge in [0, 0.05) is 13.1 Å². The van der Waals surface area contributed by atoms with Crippen LogP contribution in [-0.4, -0.2) is 58.6 Å². The molecule has 0 bridgehead atoms. The fourth-order valence-corrected chi connectivity index (χ4v) is 2.42. The Labute approximate surface area is 121 Å². The Balaban J connectivity index is 2.75. The molecule has 0 aromatic carbocycles. The number of carbonyl (C=O) groups is 4. The van der Waals surface area contributed by atoms with Gasteiger partial charge in [0.1, 0.15) is 0 Å². The van der Waals surface area contributed by atoms with Crippen LogP contribution in [0, 0.1) is 11.3 Å². The third kappa shape index (κ3) is 2.98. The average molecular weight is 301 g/mol. The van der Waals surface area contributed by atoms with Crippen LogP contribution in [0.5, 0.6) is 0 Å². The van der Waals surface area contributed by atoms with Crippen LogP contribution in [0.1, 0.15) is 26.7 Å². The Bertz CT molecular complexity index is 457. The molecule has 8 heteroatoms. The van der Waals surface area contributed by atoms with Crippen LogP contribution in [0.2, 0.25) is 0 Å². The van der Waals surface area contributed by atoms with E-state index in [1.165, 1.54) is 4.90 Å². The maximum absolute atomic E-state index is 12.0. The highest BCUT2D eigenvalue weighted by atomic mass is 16.5. The lowest BCUT2D eigenvalue weighted by molar-refractivity contribution is -0.191. The summed E-state index contributed by atoms with van der Waals surface area (Å²) in [5.41, 5.74) is -2.07. The molecular weight excluding hydrogens is 282 g/mol. The number of rotatable bonds is 7. The molecule has 21 heavy (non-hydrogen) atoms. The van der Waals surface area contributed by atoms with Gasteiger partial charge in [-0.2, -0.15) is 0 Å². The van der Waals surface area contributed by atoms with E-state index in [0.29, 0.717) is 13.1 Å². The molecule has 0 radical (unpaired) electrons. The topological polar surface area (TPSA) is 121 Å². The van der Waals surface area contributed by atoms with Gasteiger partial charge in [0.05, 0.1) is 5.92 Å². The standard InChI is InChI=1S/C13H19NO7/c1-3-14(4-2)9(15)7-21-12(20)13(11(18)19)6-5-8(13)10(16)17/h8H,3-7H2,1-2H3,(H,16,17)(H,18,19). The smallest absolute Gasteiger partial charge is 0.324 e. The van der Waals surface area contributed by atoms with Crippen LogP contribution in [0.4, 0.5) is 0 Å². The number of esters is 1. The number of hydrogen-bond acceptors (Lipinski definition) is 5. The van der Waals surface area contributed by atoms with Gasteiger partial charge in [0.15, 0.2) is 12.0 Å². The third-order valence-electron chi connectivity index (χ3n) is 3.91. The molecule has 2 unspecified atom stereocenters. The number of carbonyl (C=O) groups excluding carboxylic acids is 2. The molecule has 1 amide bonds. The molecule has 0 aromatic heterocycles. The number of ether oxygens (including phenoxy) is 1. The van der Waals surface area contributed by atoms with Crippen molar-refractivity contribution in [2.75, 3.05) is 19.7 Å². The van der Waals surface area contributed by atoms with Gasteiger partial charge in [-0.05, 0) is 26.7 Å². The molecule has 2 N–H and O–H groups in total. The Morgan fingerprint density at radius 2 is 1.76 bits per heavy atom. The van der Waals surface area contributed by atoms with Crippen LogP contribution in [-0.2, 0) is 23.9 Å². The molecule has 0 saturated heterocycles. The lowest BCUT2D eigenvalue weighted by Crippen LogP contribution is -2.56. The highest BCUT2D eigenvalue weighted by Gasteiger charge is 2.63. The number of likely N-dealkylation sites (N-methyl/N-ethyl adjacent to an activating group) is 1. The van der Waals surface area contributed by atoms with Crippen LogP contribution >= 0.6 is 0 Å². The monoisotopic (exact) mass is 301 g/mol. The molecule has 1 fully saturated rings. The van der Waals surface area contributed by atoms with Crippen molar-refractivity contribution in [3.05, 3.63) is 0 Å². The molecule has 1 aliphatic rings. The number of carboxylic acid groups (broad SMARTS) is 2. The lowest BCUT2D eigenvalue weighted by atomic mass is 9.60. The summed E-state index contributed by atoms with van der Waals surface area (Å²) in [6.45, 7) is 3.81. The number of amides is 1. The molecule has 0 aliphatic heterocycles. The second kappa shape index (κ2) is 6.55. The van der Waals surface area contributed by atoms with Crippen molar-refractivity contribution in [3.8, 4) is 0 Å². The summed E-state index contributed by atoms with van der Waals surface area (Å²) in [7, 11) is 0. The Kier molecular flexibility index (Phi) is 5.28. The number of carboxylic acids is 2. The number of hydrogen-bond donors (Lipinski definition) is 2. The van der Waals surface area contributed by atoms with Crippen molar-refractivity contribution in [1.29, 1.82) is 0 Å². The summed E-state index contributed by atoms with van der Waals surface area (Å²) >= 11 is 0. The predicted molar refractivity (Wildman–Crippen MR) is 69.3 cm³/mol. The van der Waals surface area contributed by atoms with Gasteiger partial charge in [-0.25, -0.2) is 0 Å². The molecule has 2 atom stereocenters. The molecule has 0 heterocycles. The first-order valence-electron chi connectivity index (χ1n) is 6.72. The fourth-order valence-electron chi connectivity index (χ4n) is 2.42. The van der Waals surface area contributed by atoms with Crippen molar-refractivity contribution < 1.29 is 34.1 Å². The highest BCUT2D eigenvalue weighted by molar-refractivity contribution is 6.05. The van der Waals surface area contributed by atoms with Gasteiger partial charge in [-0.15, -0.1) is 0 Å². The summed E-state index contributed by atoms with van der Waals surface area (Å²) in [5.74, 6) is -5.79. The van der Waals surface area contributed by atoms with Crippen LogP contribution in [0.15, 0.2) is 0 Å². The minimum atomic E-state index is -2.07. The van der Waals surface area contributed by atoms with Gasteiger partial charge in [0.25, 0.3) is 5.91 Å². The van der Waals surface area contributed by atoms with Gasteiger partial charge in [-0.1, -0.05) is 0 Å². The van der Waals surface area contributed by atoms with Crippen LogP contribution < -0.4 is 0 Å². The van der Waals surface area contributed by atoms with E-state index in [2.05, 4.69) is 0 Å². The van der Waals surface area contributed by atoms with E-state index < -0.39 is 41.8 Å². The van der Waals surface area contributed by atoms with E-state index in [1.54, 1.807) is 13.8 Å². The zero-order valence-electron chi connectivity index (χ0n) is 12.0. The Hall–Kier alpha value is -2.12. The van der Waals surface area contributed by atoms with Gasteiger partial charge >= 0.3 is 17.9 Å². The summed E-state index contributed by atoms with van der Waals surface area (Å²) < 4.78 is 4.76. The summed E-state index contributed by atoms with van der Waals surface area (Å²) in [4.78, 5) is 47.4. The Morgan fingerprint density at radius 3 is 2.10 bits per heavy atom. The van der Waals surface area contributed by atoms with Gasteiger partial charge in [-0.3, -0.25) is 19.2 Å². The molecule has 1 rings (SSSR count). The van der Waals surface area contributed by atoms with E-state index >= 15 is 0 Å². The zero-order valence-corrected chi connectivity index (χ0v) is 12.0. The lowest BCUT2D eigenvalue weighted by Gasteiger charge is -2.40. The minimum Gasteiger partial charge on any atom is -0.481 e. The highest BCUT2D eigenvalue weighted by Crippen LogP contribution is 2.48. The summed E-state index contributed by atoms with van der Waals surface area (Å²) in [6, 6.07) is 0. The molecule has 1 saturated carbocycles. The number of nitrogens with zero attached hydrogens (tertiary/aromatic N) is 1. The third-order valence-corrected chi connectivity index (χ3v) is 3.91. The molecule has 118 valence electrons. The zero-order chi connectivity index (χ0) is 16.2. The average Bonchev–Trinajstić information content (AvgIpc) is 2.35. The minimum absolute atomic E-state index is 0.0979. The fraction of sp³-hybridized carbons (Fsp3) is 0.692. The first-order valence-corrected chi connectivity index (χ1v) is 6.72. The summed E-state index contributed by atoms with van der Waals surface area (Å²) in [6.07, 6.45) is -0.00167. The quantitative estimate of drug-likeness (QED) is 0.500. The second-order valence-electron chi connectivity index (χ2n) is 4.85. The van der Waals surface area contributed by atoms with Crippen LogP contribution in [0.25, 0.3) is 0 Å². The normalized spacial score (nSPS) is 23.8. The molecular formula is C13H19NO7. The van der Waals surface area contributed by atoms with Crippen molar-refractivity contribution in [3.63, 3.8) is 0 Å². The van der Waals surface area contributed by atoms with Crippen molar-refractivity contribution >= 4 is 23.8 Å². The SMILES string of the molecule is CCN(CC)C(=O)COC(=O)C1(C(=O)O)CCC1C(=O)O. The van der Waals surface area contributed by atoms with Crippen molar-refractivity contribution in [2.24, 2.45) is 11.3 Å². The largest absolute Gasteiger partial charge is 0.481 e. The first-order chi connectivity index (χ1) is 9.81. The second-order valence-corrected chi connectivity index (χ2v) is 4.85. The number of aliphatic carboxylic acids is 2. The Morgan fingerprint density at radius 1 is 1.19 bits per heavy atom. The molecule has 1 aliphatic carbocycles. The van der Waals surface area contributed by atoms with E-state index in [1.807, 2.05) is 0 Å². The molecule has 8 nitrogen and oxygen atoms in total. The molecule has 0 aromatic rings. The van der Waals surface area contributed by atoms with Crippen molar-refractivity contribution in [2.45, 2.75) is 26.7 Å². The van der Waals surface area contributed by atoms with E-state index in [9.17, 15) is 24.3 Å². The predicted octanol–water partition coefficient (Wildman–Crippen LogP) is -0.0364. The van der Waals surface area contributed by atoms with Crippen molar-refractivity contribution in [1.82, 2.24) is 4.90 Å². The van der Waals surface area contributed by atoms with E-state index in [0.717, 1.165) is 0 Å². The molecule has 0 spiro atoms. The van der Waals surface area contributed by atoms with Gasteiger partial charge in [0.2, 0.25) is 0 Å². The maximum atomic E-state index is 12.0. The van der Waals surface area contributed by atoms with E-state index in [4.69, 9.17) is 9.84 Å². The first kappa shape index (κ1) is 16.9. The van der Waals surface area contributed by atoms with E-state index in [-0.39, 0.29) is 12.8 Å². The van der Waals surface area contributed by atoms with Crippen LogP contribution in [0.3, 0.4) is 0 Å². The maximum Gasteiger partial charge on any atom is 0.324 e.